The molecule has 1 aliphatic heterocycles. The molecular formula is C23H28N2O2. The van der Waals surface area contributed by atoms with E-state index in [1.54, 1.807) is 4.90 Å². The summed E-state index contributed by atoms with van der Waals surface area (Å²) in [5, 5.41) is 15.2. The number of amides is 1. The summed E-state index contributed by atoms with van der Waals surface area (Å²) in [6.07, 6.45) is 0. The van der Waals surface area contributed by atoms with E-state index >= 15 is 0 Å². The summed E-state index contributed by atoms with van der Waals surface area (Å²) in [7, 11) is 1.82. The highest BCUT2D eigenvalue weighted by Crippen LogP contribution is 2.49. The smallest absolute Gasteiger partial charge is 0.263 e. The van der Waals surface area contributed by atoms with Gasteiger partial charge in [-0.3, -0.25) is 4.79 Å². The molecule has 2 aliphatic rings. The van der Waals surface area contributed by atoms with Crippen LogP contribution in [0.5, 0.6) is 0 Å². The number of likely N-dealkylation sites (N-methyl/N-ethyl adjacent to an activating group) is 1. The largest absolute Gasteiger partial charge is 0.372 e. The van der Waals surface area contributed by atoms with Gasteiger partial charge in [-0.25, -0.2) is 0 Å². The van der Waals surface area contributed by atoms with Crippen molar-refractivity contribution >= 4 is 5.91 Å². The Balaban J connectivity index is 1.67. The zero-order chi connectivity index (χ0) is 19.2. The molecule has 2 aromatic rings. The van der Waals surface area contributed by atoms with Crippen LogP contribution in [0.2, 0.25) is 0 Å². The average molecular weight is 364 g/mol. The van der Waals surface area contributed by atoms with Crippen LogP contribution in [-0.2, 0) is 10.4 Å². The summed E-state index contributed by atoms with van der Waals surface area (Å²) in [5.74, 6) is 1.67. The topological polar surface area (TPSA) is 52.6 Å². The second-order valence-electron chi connectivity index (χ2n) is 8.28. The van der Waals surface area contributed by atoms with Crippen LogP contribution in [0.3, 0.4) is 0 Å². The van der Waals surface area contributed by atoms with Gasteiger partial charge in [0, 0.05) is 13.6 Å². The lowest BCUT2D eigenvalue weighted by atomic mass is 9.83. The van der Waals surface area contributed by atoms with Gasteiger partial charge < -0.3 is 15.3 Å². The quantitative estimate of drug-likeness (QED) is 0.857. The Hall–Kier alpha value is -2.17. The lowest BCUT2D eigenvalue weighted by molar-refractivity contribution is -0.147. The number of rotatable bonds is 5. The molecule has 4 heteroatoms. The SMILES string of the molecule is Cc1cccc(C(O)(C(=O)N(C)CC2C3CNCC32)c2cccc(C)c2)c1. The van der Waals surface area contributed by atoms with Crippen LogP contribution in [0.25, 0.3) is 0 Å². The van der Waals surface area contributed by atoms with Crippen molar-refractivity contribution in [3.05, 3.63) is 70.8 Å². The fraction of sp³-hybridized carbons (Fsp3) is 0.435. The summed E-state index contributed by atoms with van der Waals surface area (Å²) in [6.45, 7) is 6.77. The van der Waals surface area contributed by atoms with E-state index in [0.717, 1.165) is 24.2 Å². The Labute approximate surface area is 161 Å². The van der Waals surface area contributed by atoms with E-state index in [2.05, 4.69) is 5.32 Å². The van der Waals surface area contributed by atoms with Gasteiger partial charge in [-0.05, 0) is 55.8 Å². The molecule has 2 aromatic carbocycles. The third-order valence-electron chi connectivity index (χ3n) is 6.28. The Morgan fingerprint density at radius 1 is 1.07 bits per heavy atom. The van der Waals surface area contributed by atoms with Gasteiger partial charge in [0.25, 0.3) is 5.91 Å². The normalized spacial score (nSPS) is 23.8. The van der Waals surface area contributed by atoms with E-state index in [1.165, 1.54) is 0 Å². The molecule has 142 valence electrons. The number of aryl methyl sites for hydroxylation is 2. The van der Waals surface area contributed by atoms with Crippen LogP contribution in [0.4, 0.5) is 0 Å². The predicted molar refractivity (Wildman–Crippen MR) is 106 cm³/mol. The molecule has 1 saturated carbocycles. The Morgan fingerprint density at radius 2 is 1.59 bits per heavy atom. The average Bonchev–Trinajstić information content (AvgIpc) is 3.07. The molecule has 1 amide bonds. The summed E-state index contributed by atoms with van der Waals surface area (Å²) in [6, 6.07) is 15.3. The zero-order valence-corrected chi connectivity index (χ0v) is 16.3. The first-order valence-corrected chi connectivity index (χ1v) is 9.74. The van der Waals surface area contributed by atoms with Crippen molar-refractivity contribution in [3.8, 4) is 0 Å². The van der Waals surface area contributed by atoms with E-state index in [1.807, 2.05) is 69.4 Å². The fourth-order valence-electron chi connectivity index (χ4n) is 4.65. The highest BCUT2D eigenvalue weighted by molar-refractivity contribution is 5.90. The minimum atomic E-state index is -1.67. The molecule has 0 radical (unpaired) electrons. The van der Waals surface area contributed by atoms with Crippen LogP contribution in [0, 0.1) is 31.6 Å². The first-order chi connectivity index (χ1) is 12.9. The van der Waals surface area contributed by atoms with E-state index in [9.17, 15) is 9.90 Å². The molecule has 4 nitrogen and oxygen atoms in total. The number of fused-ring (bicyclic) bond motifs is 1. The number of piperidine rings is 1. The van der Waals surface area contributed by atoms with E-state index in [-0.39, 0.29) is 5.91 Å². The van der Waals surface area contributed by atoms with Gasteiger partial charge in [-0.1, -0.05) is 59.7 Å². The number of carbonyl (C=O) groups is 1. The third kappa shape index (κ3) is 3.17. The first kappa shape index (κ1) is 18.2. The number of hydrogen-bond acceptors (Lipinski definition) is 3. The molecule has 1 heterocycles. The molecule has 4 rings (SSSR count). The Kier molecular flexibility index (Phi) is 4.57. The lowest BCUT2D eigenvalue weighted by Crippen LogP contribution is -2.47. The molecule has 2 unspecified atom stereocenters. The van der Waals surface area contributed by atoms with E-state index < -0.39 is 5.60 Å². The maximum Gasteiger partial charge on any atom is 0.263 e. The molecule has 27 heavy (non-hydrogen) atoms. The maximum absolute atomic E-state index is 13.5. The molecular weight excluding hydrogens is 336 g/mol. The lowest BCUT2D eigenvalue weighted by Gasteiger charge is -2.33. The number of nitrogens with one attached hydrogen (secondary N) is 1. The minimum Gasteiger partial charge on any atom is -0.372 e. The van der Waals surface area contributed by atoms with Crippen molar-refractivity contribution in [2.75, 3.05) is 26.7 Å². The van der Waals surface area contributed by atoms with Gasteiger partial charge in [0.05, 0.1) is 0 Å². The molecule has 0 aromatic heterocycles. The van der Waals surface area contributed by atoms with Gasteiger partial charge in [-0.2, -0.15) is 0 Å². The van der Waals surface area contributed by atoms with Crippen molar-refractivity contribution in [1.29, 1.82) is 0 Å². The number of nitrogens with zero attached hydrogens (tertiary/aromatic N) is 1. The molecule has 1 saturated heterocycles. The van der Waals surface area contributed by atoms with Gasteiger partial charge in [0.2, 0.25) is 0 Å². The molecule has 0 bridgehead atoms. The summed E-state index contributed by atoms with van der Waals surface area (Å²) >= 11 is 0. The van der Waals surface area contributed by atoms with Crippen LogP contribution < -0.4 is 5.32 Å². The molecule has 1 aliphatic carbocycles. The number of carbonyl (C=O) groups excluding carboxylic acids is 1. The standard InChI is InChI=1S/C23H28N2O2/c1-15-6-4-8-17(10-15)23(27,18-9-5-7-16(2)11-18)22(26)25(3)14-21-19-12-24-13-20(19)21/h4-11,19-21,24,27H,12-14H2,1-3H3. The minimum absolute atomic E-state index is 0.253. The monoisotopic (exact) mass is 364 g/mol. The van der Waals surface area contributed by atoms with Gasteiger partial charge in [0.1, 0.15) is 0 Å². The van der Waals surface area contributed by atoms with Gasteiger partial charge in [-0.15, -0.1) is 0 Å². The molecule has 2 fully saturated rings. The van der Waals surface area contributed by atoms with Crippen LogP contribution >= 0.6 is 0 Å². The highest BCUT2D eigenvalue weighted by Gasteiger charge is 2.54. The van der Waals surface area contributed by atoms with Crippen molar-refractivity contribution < 1.29 is 9.90 Å². The molecule has 2 N–H and O–H groups in total. The number of benzene rings is 2. The van der Waals surface area contributed by atoms with Crippen LogP contribution in [0.1, 0.15) is 22.3 Å². The van der Waals surface area contributed by atoms with Gasteiger partial charge in [0.15, 0.2) is 5.60 Å². The van der Waals surface area contributed by atoms with Crippen molar-refractivity contribution in [2.45, 2.75) is 19.4 Å². The van der Waals surface area contributed by atoms with E-state index in [4.69, 9.17) is 0 Å². The van der Waals surface area contributed by atoms with Crippen LogP contribution in [0.15, 0.2) is 48.5 Å². The van der Waals surface area contributed by atoms with Crippen molar-refractivity contribution in [1.82, 2.24) is 10.2 Å². The third-order valence-corrected chi connectivity index (χ3v) is 6.28. The first-order valence-electron chi connectivity index (χ1n) is 9.74. The highest BCUT2D eigenvalue weighted by atomic mass is 16.3. The summed E-state index contributed by atoms with van der Waals surface area (Å²) < 4.78 is 0. The molecule has 0 spiro atoms. The zero-order valence-electron chi connectivity index (χ0n) is 16.3. The van der Waals surface area contributed by atoms with E-state index in [0.29, 0.717) is 35.4 Å². The summed E-state index contributed by atoms with van der Waals surface area (Å²) in [4.78, 5) is 15.3. The Morgan fingerprint density at radius 3 is 2.07 bits per heavy atom. The number of hydrogen-bond donors (Lipinski definition) is 2. The maximum atomic E-state index is 13.5. The second-order valence-corrected chi connectivity index (χ2v) is 8.28. The van der Waals surface area contributed by atoms with Crippen molar-refractivity contribution in [2.24, 2.45) is 17.8 Å². The fourth-order valence-corrected chi connectivity index (χ4v) is 4.65. The Bertz CT molecular complexity index is 807. The van der Waals surface area contributed by atoms with Gasteiger partial charge >= 0.3 is 0 Å². The van der Waals surface area contributed by atoms with Crippen molar-refractivity contribution in [3.63, 3.8) is 0 Å². The number of aliphatic hydroxyl groups is 1. The molecule has 2 atom stereocenters. The predicted octanol–water partition coefficient (Wildman–Crippen LogP) is 2.46. The van der Waals surface area contributed by atoms with Crippen LogP contribution in [-0.4, -0.2) is 42.6 Å². The second kappa shape index (κ2) is 6.77. The summed E-state index contributed by atoms with van der Waals surface area (Å²) in [5.41, 5.74) is 1.63.